The number of benzene rings is 1. The molecule has 1 atom stereocenters. The number of rotatable bonds is 6. The number of nitrogens with zero attached hydrogens (tertiary/aromatic N) is 2. The topological polar surface area (TPSA) is 83.2 Å². The van der Waals surface area contributed by atoms with Crippen molar-refractivity contribution in [2.75, 3.05) is 26.7 Å². The molecular weight excluding hydrogens is 348 g/mol. The molecule has 1 saturated heterocycles. The second kappa shape index (κ2) is 8.73. The molecule has 1 unspecified atom stereocenters. The molecule has 1 amide bonds. The molecule has 0 bridgehead atoms. The van der Waals surface area contributed by atoms with E-state index < -0.39 is 5.97 Å². The molecule has 27 heavy (non-hydrogen) atoms. The van der Waals surface area contributed by atoms with Gasteiger partial charge in [-0.2, -0.15) is 0 Å². The van der Waals surface area contributed by atoms with E-state index in [1.165, 1.54) is 0 Å². The first-order valence-corrected chi connectivity index (χ1v) is 9.07. The van der Waals surface area contributed by atoms with Crippen LogP contribution in [0.2, 0.25) is 0 Å². The van der Waals surface area contributed by atoms with Crippen LogP contribution >= 0.6 is 0 Å². The monoisotopic (exact) mass is 372 g/mol. The van der Waals surface area contributed by atoms with Gasteiger partial charge in [0, 0.05) is 25.2 Å². The van der Waals surface area contributed by atoms with Crippen molar-refractivity contribution >= 4 is 11.9 Å². The number of amides is 1. The molecule has 0 spiro atoms. The average Bonchev–Trinajstić information content (AvgIpc) is 2.96. The Balaban J connectivity index is 1.59. The van der Waals surface area contributed by atoms with E-state index in [1.54, 1.807) is 17.0 Å². The van der Waals surface area contributed by atoms with Crippen molar-refractivity contribution in [3.8, 4) is 11.7 Å². The van der Waals surface area contributed by atoms with Crippen molar-refractivity contribution in [2.24, 2.45) is 0 Å². The Labute approximate surface area is 158 Å². The molecule has 2 heterocycles. The van der Waals surface area contributed by atoms with E-state index in [1.807, 2.05) is 42.3 Å². The van der Waals surface area contributed by atoms with Crippen LogP contribution in [0.1, 0.15) is 29.8 Å². The second-order valence-electron chi connectivity index (χ2n) is 6.72. The van der Waals surface area contributed by atoms with Gasteiger partial charge in [-0.05, 0) is 44.5 Å². The smallest absolute Gasteiger partial charge is 0.317 e. The lowest BCUT2D eigenvalue weighted by Crippen LogP contribution is -2.37. The number of carbonyl (C=O) groups is 2. The summed E-state index contributed by atoms with van der Waals surface area (Å²) in [6.45, 7) is 1.21. The predicted molar refractivity (Wildman–Crippen MR) is 99.0 cm³/mol. The number of ether oxygens (including phenoxy) is 1. The summed E-state index contributed by atoms with van der Waals surface area (Å²) >= 11 is 0. The molecule has 1 aromatic heterocycles. The number of hydrogen-bond acceptors (Lipinski definition) is 5. The lowest BCUT2D eigenvalue weighted by Gasteiger charge is -2.25. The van der Waals surface area contributed by atoms with Gasteiger partial charge in [0.1, 0.15) is 5.75 Å². The van der Waals surface area contributed by atoms with E-state index >= 15 is 0 Å². The molecule has 1 aliphatic heterocycles. The maximum absolute atomic E-state index is 12.7. The van der Waals surface area contributed by atoms with Crippen LogP contribution in [-0.4, -0.2) is 59.5 Å². The summed E-state index contributed by atoms with van der Waals surface area (Å²) in [6.07, 6.45) is 2.44. The summed E-state index contributed by atoms with van der Waals surface area (Å²) in [5, 5.41) is 8.95. The summed E-state index contributed by atoms with van der Waals surface area (Å²) in [5.41, 5.74) is 0. The molecule has 1 N–H and O–H groups in total. The fourth-order valence-electron chi connectivity index (χ4n) is 3.32. The maximum Gasteiger partial charge on any atom is 0.317 e. The summed E-state index contributed by atoms with van der Waals surface area (Å²) in [7, 11) is 1.82. The number of para-hydroxylation sites is 1. The highest BCUT2D eigenvalue weighted by molar-refractivity contribution is 5.91. The molecule has 144 valence electrons. The summed E-state index contributed by atoms with van der Waals surface area (Å²) < 4.78 is 11.2. The number of likely N-dealkylation sites (N-methyl/N-ethyl adjacent to an activating group) is 1. The molecule has 0 saturated carbocycles. The van der Waals surface area contributed by atoms with Crippen LogP contribution in [0.3, 0.4) is 0 Å². The van der Waals surface area contributed by atoms with Gasteiger partial charge in [-0.1, -0.05) is 18.2 Å². The first-order chi connectivity index (χ1) is 13.0. The third-order valence-corrected chi connectivity index (χ3v) is 4.75. The van der Waals surface area contributed by atoms with Crippen molar-refractivity contribution < 1.29 is 23.8 Å². The molecule has 1 aliphatic rings. The first kappa shape index (κ1) is 19.0. The zero-order valence-corrected chi connectivity index (χ0v) is 15.3. The molecular formula is C20H24N2O5. The Morgan fingerprint density at radius 3 is 2.70 bits per heavy atom. The van der Waals surface area contributed by atoms with E-state index in [4.69, 9.17) is 14.3 Å². The van der Waals surface area contributed by atoms with Crippen molar-refractivity contribution in [3.05, 3.63) is 48.2 Å². The Morgan fingerprint density at radius 1 is 1.19 bits per heavy atom. The van der Waals surface area contributed by atoms with E-state index in [0.29, 0.717) is 18.8 Å². The van der Waals surface area contributed by atoms with E-state index in [0.717, 1.165) is 19.3 Å². The fraction of sp³-hybridized carbons (Fsp3) is 0.400. The van der Waals surface area contributed by atoms with Crippen molar-refractivity contribution in [1.29, 1.82) is 0 Å². The van der Waals surface area contributed by atoms with Crippen LogP contribution in [0, 0.1) is 0 Å². The van der Waals surface area contributed by atoms with Crippen molar-refractivity contribution in [3.63, 3.8) is 0 Å². The Kier molecular flexibility index (Phi) is 6.13. The van der Waals surface area contributed by atoms with Crippen LogP contribution in [0.5, 0.6) is 11.7 Å². The molecule has 1 aromatic carbocycles. The zero-order valence-electron chi connectivity index (χ0n) is 15.3. The third-order valence-electron chi connectivity index (χ3n) is 4.75. The van der Waals surface area contributed by atoms with Gasteiger partial charge in [0.2, 0.25) is 0 Å². The predicted octanol–water partition coefficient (Wildman–Crippen LogP) is 3.08. The number of carboxylic acids is 1. The molecule has 2 aromatic rings. The number of likely N-dealkylation sites (tertiary alicyclic amines) is 1. The second-order valence-corrected chi connectivity index (χ2v) is 6.72. The third kappa shape index (κ3) is 5.10. The largest absolute Gasteiger partial charge is 0.480 e. The normalized spacial score (nSPS) is 17.6. The highest BCUT2D eigenvalue weighted by Gasteiger charge is 2.26. The van der Waals surface area contributed by atoms with Crippen molar-refractivity contribution in [2.45, 2.75) is 25.3 Å². The van der Waals surface area contributed by atoms with Gasteiger partial charge in [0.25, 0.3) is 11.9 Å². The average molecular weight is 372 g/mol. The first-order valence-electron chi connectivity index (χ1n) is 9.07. The van der Waals surface area contributed by atoms with Gasteiger partial charge >= 0.3 is 5.97 Å². The lowest BCUT2D eigenvalue weighted by atomic mass is 10.1. The number of carboxylic acid groups (broad SMARTS) is 1. The number of carbonyl (C=O) groups excluding carboxylic acids is 1. The van der Waals surface area contributed by atoms with Gasteiger partial charge in [0.05, 0.1) is 6.54 Å². The highest BCUT2D eigenvalue weighted by Crippen LogP contribution is 2.25. The molecule has 0 aliphatic carbocycles. The van der Waals surface area contributed by atoms with Crippen LogP contribution in [0.15, 0.2) is 46.9 Å². The zero-order chi connectivity index (χ0) is 19.2. The fourth-order valence-corrected chi connectivity index (χ4v) is 3.32. The Morgan fingerprint density at radius 2 is 1.96 bits per heavy atom. The standard InChI is InChI=1S/C20H24N2O5/c1-21(14-18(23)24)15-6-5-12-22(13-11-15)20(25)17-9-10-19(27-17)26-16-7-3-2-4-8-16/h2-4,7-10,15H,5-6,11-14H2,1H3,(H,23,24). The van der Waals surface area contributed by atoms with E-state index in [-0.39, 0.29) is 30.2 Å². The molecule has 7 nitrogen and oxygen atoms in total. The molecule has 0 radical (unpaired) electrons. The Bertz CT molecular complexity index is 774. The van der Waals surface area contributed by atoms with Gasteiger partial charge in [0.15, 0.2) is 5.76 Å². The van der Waals surface area contributed by atoms with Crippen LogP contribution < -0.4 is 4.74 Å². The summed E-state index contributed by atoms with van der Waals surface area (Å²) in [4.78, 5) is 27.2. The highest BCUT2D eigenvalue weighted by atomic mass is 16.6. The minimum atomic E-state index is -0.837. The lowest BCUT2D eigenvalue weighted by molar-refractivity contribution is -0.138. The van der Waals surface area contributed by atoms with Crippen LogP contribution in [-0.2, 0) is 4.79 Å². The number of hydrogen-bond donors (Lipinski definition) is 1. The van der Waals surface area contributed by atoms with Gasteiger partial charge in [-0.25, -0.2) is 0 Å². The minimum absolute atomic E-state index is 0.0109. The van der Waals surface area contributed by atoms with E-state index in [2.05, 4.69) is 0 Å². The molecule has 1 fully saturated rings. The molecule has 7 heteroatoms. The van der Waals surface area contributed by atoms with Crippen LogP contribution in [0.4, 0.5) is 0 Å². The van der Waals surface area contributed by atoms with Gasteiger partial charge in [-0.3, -0.25) is 14.5 Å². The summed E-state index contributed by atoms with van der Waals surface area (Å²) in [6, 6.07) is 12.7. The van der Waals surface area contributed by atoms with Crippen LogP contribution in [0.25, 0.3) is 0 Å². The van der Waals surface area contributed by atoms with E-state index in [9.17, 15) is 9.59 Å². The molecule has 3 rings (SSSR count). The minimum Gasteiger partial charge on any atom is -0.480 e. The SMILES string of the molecule is CN(CC(=O)O)C1CCCN(C(=O)c2ccc(Oc3ccccc3)o2)CC1. The summed E-state index contributed by atoms with van der Waals surface area (Å²) in [5.74, 6) is 0.164. The van der Waals surface area contributed by atoms with Crippen molar-refractivity contribution in [1.82, 2.24) is 9.80 Å². The number of furan rings is 1. The quantitative estimate of drug-likeness (QED) is 0.839. The van der Waals surface area contributed by atoms with Gasteiger partial charge in [-0.15, -0.1) is 0 Å². The Hall–Kier alpha value is -2.80. The maximum atomic E-state index is 12.7. The number of aliphatic carboxylic acids is 1. The van der Waals surface area contributed by atoms with Gasteiger partial charge < -0.3 is 19.2 Å².